The predicted molar refractivity (Wildman–Crippen MR) is 114 cm³/mol. The quantitative estimate of drug-likeness (QED) is 0.558. The van der Waals surface area contributed by atoms with Crippen LogP contribution < -0.4 is 10.1 Å². The molecule has 0 radical (unpaired) electrons. The molecule has 1 atom stereocenters. The topological polar surface area (TPSA) is 38.3 Å². The van der Waals surface area contributed by atoms with Gasteiger partial charge in [0.1, 0.15) is 5.75 Å². The largest absolute Gasteiger partial charge is 0.481 e. The van der Waals surface area contributed by atoms with Gasteiger partial charge < -0.3 is 10.1 Å². The van der Waals surface area contributed by atoms with Crippen LogP contribution in [0, 0.1) is 6.92 Å². The van der Waals surface area contributed by atoms with Crippen LogP contribution in [-0.2, 0) is 4.79 Å². The number of rotatable bonds is 7. The molecule has 0 heterocycles. The van der Waals surface area contributed by atoms with E-state index >= 15 is 0 Å². The monoisotopic (exact) mass is 393 g/mol. The lowest BCUT2D eigenvalue weighted by atomic mass is 9.98. The summed E-state index contributed by atoms with van der Waals surface area (Å²) in [4.78, 5) is 13.0. The summed E-state index contributed by atoms with van der Waals surface area (Å²) < 4.78 is 5.96. The first-order chi connectivity index (χ1) is 13.6. The van der Waals surface area contributed by atoms with Crippen LogP contribution in [0.4, 0.5) is 0 Å². The average molecular weight is 394 g/mol. The Labute approximate surface area is 171 Å². The van der Waals surface area contributed by atoms with E-state index in [0.29, 0.717) is 17.2 Å². The van der Waals surface area contributed by atoms with E-state index in [1.54, 1.807) is 12.1 Å². The second kappa shape index (κ2) is 9.43. The summed E-state index contributed by atoms with van der Waals surface area (Å²) in [6.07, 6.45) is -0.0282. The molecule has 1 N–H and O–H groups in total. The second-order valence-electron chi connectivity index (χ2n) is 6.69. The van der Waals surface area contributed by atoms with Gasteiger partial charge in [0, 0.05) is 5.02 Å². The van der Waals surface area contributed by atoms with Gasteiger partial charge in [0.05, 0.1) is 6.04 Å². The number of benzene rings is 3. The van der Waals surface area contributed by atoms with Gasteiger partial charge in [-0.2, -0.15) is 0 Å². The molecule has 0 aromatic heterocycles. The molecule has 0 spiro atoms. The fraction of sp³-hybridized carbons (Fsp3) is 0.208. The van der Waals surface area contributed by atoms with E-state index in [2.05, 4.69) is 5.32 Å². The van der Waals surface area contributed by atoms with Crippen LogP contribution in [0.2, 0.25) is 5.02 Å². The third kappa shape index (κ3) is 4.93. The van der Waals surface area contributed by atoms with Crippen LogP contribution >= 0.6 is 11.6 Å². The number of carbonyl (C=O) groups excluding carboxylic acids is 1. The van der Waals surface area contributed by atoms with Crippen molar-refractivity contribution >= 4 is 17.5 Å². The van der Waals surface area contributed by atoms with Gasteiger partial charge in [-0.1, -0.05) is 79.2 Å². The molecule has 3 aromatic carbocycles. The van der Waals surface area contributed by atoms with Gasteiger partial charge >= 0.3 is 0 Å². The van der Waals surface area contributed by atoms with Crippen molar-refractivity contribution < 1.29 is 9.53 Å². The highest BCUT2D eigenvalue weighted by Crippen LogP contribution is 2.24. The third-order valence-electron chi connectivity index (χ3n) is 4.62. The molecule has 3 rings (SSSR count). The van der Waals surface area contributed by atoms with Crippen LogP contribution in [-0.4, -0.2) is 12.0 Å². The fourth-order valence-corrected chi connectivity index (χ4v) is 3.18. The Morgan fingerprint density at radius 3 is 2.04 bits per heavy atom. The number of carbonyl (C=O) groups is 1. The van der Waals surface area contributed by atoms with Crippen LogP contribution in [0.3, 0.4) is 0 Å². The van der Waals surface area contributed by atoms with E-state index in [1.165, 1.54) is 0 Å². The number of hydrogen-bond donors (Lipinski definition) is 1. The molecular weight excluding hydrogens is 370 g/mol. The predicted octanol–water partition coefficient (Wildman–Crippen LogP) is 5.71. The van der Waals surface area contributed by atoms with Gasteiger partial charge in [0.15, 0.2) is 6.10 Å². The highest BCUT2D eigenvalue weighted by atomic mass is 35.5. The van der Waals surface area contributed by atoms with Crippen LogP contribution in [0.25, 0.3) is 0 Å². The molecule has 0 saturated heterocycles. The Morgan fingerprint density at radius 1 is 0.964 bits per heavy atom. The smallest absolute Gasteiger partial charge is 0.261 e. The zero-order chi connectivity index (χ0) is 19.9. The van der Waals surface area contributed by atoms with Crippen molar-refractivity contribution in [2.45, 2.75) is 32.4 Å². The molecular formula is C24H24ClNO2. The Kier molecular flexibility index (Phi) is 6.72. The number of ether oxygens (including phenoxy) is 1. The number of halogens is 1. The normalized spacial score (nSPS) is 11.9. The zero-order valence-electron chi connectivity index (χ0n) is 16.1. The van der Waals surface area contributed by atoms with E-state index in [9.17, 15) is 4.79 Å². The van der Waals surface area contributed by atoms with Gasteiger partial charge in [0.2, 0.25) is 0 Å². The highest BCUT2D eigenvalue weighted by molar-refractivity contribution is 6.31. The van der Waals surface area contributed by atoms with E-state index in [-0.39, 0.29) is 11.9 Å². The molecule has 28 heavy (non-hydrogen) atoms. The molecule has 0 bridgehead atoms. The Hall–Kier alpha value is -2.78. The molecule has 0 unspecified atom stereocenters. The minimum absolute atomic E-state index is 0.146. The maximum absolute atomic E-state index is 13.0. The maximum atomic E-state index is 13.0. The standard InChI is InChI=1S/C24H24ClNO2/c1-3-22(28-20-14-15-21(25)17(2)16-20)24(27)26-23(18-10-6-4-7-11-18)19-12-8-5-9-13-19/h4-16,22-23H,3H2,1-2H3,(H,26,27)/t22-/m0/s1. The highest BCUT2D eigenvalue weighted by Gasteiger charge is 2.23. The molecule has 3 nitrogen and oxygen atoms in total. The second-order valence-corrected chi connectivity index (χ2v) is 7.10. The van der Waals surface area contributed by atoms with Gasteiger partial charge in [-0.15, -0.1) is 0 Å². The molecule has 0 fully saturated rings. The molecule has 3 aromatic rings. The SMILES string of the molecule is CC[C@H](Oc1ccc(Cl)c(C)c1)C(=O)NC(c1ccccc1)c1ccccc1. The van der Waals surface area contributed by atoms with Gasteiger partial charge in [-0.25, -0.2) is 0 Å². The fourth-order valence-electron chi connectivity index (χ4n) is 3.06. The van der Waals surface area contributed by atoms with Crippen molar-refractivity contribution in [1.29, 1.82) is 0 Å². The third-order valence-corrected chi connectivity index (χ3v) is 5.05. The van der Waals surface area contributed by atoms with Crippen molar-refractivity contribution in [3.8, 4) is 5.75 Å². The number of hydrogen-bond acceptors (Lipinski definition) is 2. The molecule has 0 aliphatic rings. The molecule has 4 heteroatoms. The Morgan fingerprint density at radius 2 is 1.54 bits per heavy atom. The van der Waals surface area contributed by atoms with E-state index in [4.69, 9.17) is 16.3 Å². The first-order valence-electron chi connectivity index (χ1n) is 9.41. The maximum Gasteiger partial charge on any atom is 0.261 e. The van der Waals surface area contributed by atoms with Crippen molar-refractivity contribution in [3.63, 3.8) is 0 Å². The number of aryl methyl sites for hydroxylation is 1. The molecule has 144 valence electrons. The minimum atomic E-state index is -0.588. The average Bonchev–Trinajstić information content (AvgIpc) is 2.74. The van der Waals surface area contributed by atoms with Crippen LogP contribution in [0.5, 0.6) is 5.75 Å². The van der Waals surface area contributed by atoms with E-state index in [0.717, 1.165) is 16.7 Å². The first kappa shape index (κ1) is 20.0. The number of amides is 1. The summed E-state index contributed by atoms with van der Waals surface area (Å²) in [5.74, 6) is 0.493. The molecule has 0 aliphatic carbocycles. The lowest BCUT2D eigenvalue weighted by Gasteiger charge is -2.24. The summed E-state index contributed by atoms with van der Waals surface area (Å²) in [5, 5.41) is 3.84. The molecule has 1 amide bonds. The lowest BCUT2D eigenvalue weighted by Crippen LogP contribution is -2.40. The minimum Gasteiger partial charge on any atom is -0.481 e. The summed E-state index contributed by atoms with van der Waals surface area (Å²) >= 11 is 6.08. The van der Waals surface area contributed by atoms with Crippen molar-refractivity contribution in [2.24, 2.45) is 0 Å². The van der Waals surface area contributed by atoms with Gasteiger partial charge in [0.25, 0.3) is 5.91 Å². The van der Waals surface area contributed by atoms with Crippen molar-refractivity contribution in [2.75, 3.05) is 0 Å². The van der Waals surface area contributed by atoms with Gasteiger partial charge in [-0.05, 0) is 48.2 Å². The summed E-state index contributed by atoms with van der Waals surface area (Å²) in [5.41, 5.74) is 2.97. The van der Waals surface area contributed by atoms with E-state index in [1.807, 2.05) is 80.6 Å². The van der Waals surface area contributed by atoms with Crippen molar-refractivity contribution in [1.82, 2.24) is 5.32 Å². The van der Waals surface area contributed by atoms with Crippen molar-refractivity contribution in [3.05, 3.63) is 101 Å². The number of nitrogens with one attached hydrogen (secondary N) is 1. The Bertz CT molecular complexity index is 873. The summed E-state index contributed by atoms with van der Waals surface area (Å²) in [6, 6.07) is 25.1. The van der Waals surface area contributed by atoms with Crippen LogP contribution in [0.15, 0.2) is 78.9 Å². The molecule has 0 saturated carbocycles. The van der Waals surface area contributed by atoms with Crippen LogP contribution in [0.1, 0.15) is 36.1 Å². The summed E-state index contributed by atoms with van der Waals surface area (Å²) in [6.45, 7) is 3.85. The lowest BCUT2D eigenvalue weighted by molar-refractivity contribution is -0.128. The van der Waals surface area contributed by atoms with Gasteiger partial charge in [-0.3, -0.25) is 4.79 Å². The Balaban J connectivity index is 1.80. The zero-order valence-corrected chi connectivity index (χ0v) is 16.8. The van der Waals surface area contributed by atoms with E-state index < -0.39 is 6.10 Å². The summed E-state index contributed by atoms with van der Waals surface area (Å²) in [7, 11) is 0. The first-order valence-corrected chi connectivity index (χ1v) is 9.79. The molecule has 0 aliphatic heterocycles.